The molecule has 0 fully saturated rings. The summed E-state index contributed by atoms with van der Waals surface area (Å²) >= 11 is 0. The monoisotopic (exact) mass is 498 g/mol. The molecule has 8 nitrogen and oxygen atoms in total. The summed E-state index contributed by atoms with van der Waals surface area (Å²) in [5.74, 6) is -2.74. The average molecular weight is 498 g/mol. The van der Waals surface area contributed by atoms with Crippen LogP contribution in [0.25, 0.3) is 21.7 Å². The van der Waals surface area contributed by atoms with Gasteiger partial charge in [0, 0.05) is 5.39 Å². The largest absolute Gasteiger partial charge is 0.507 e. The molecule has 1 atom stereocenters. The van der Waals surface area contributed by atoms with E-state index in [2.05, 4.69) is 0 Å². The van der Waals surface area contributed by atoms with Gasteiger partial charge in [0.15, 0.2) is 11.5 Å². The Labute approximate surface area is 210 Å². The molecule has 0 spiro atoms. The minimum absolute atomic E-state index is 0.159. The van der Waals surface area contributed by atoms with E-state index in [0.29, 0.717) is 12.0 Å². The molecule has 186 valence electrons. The van der Waals surface area contributed by atoms with Gasteiger partial charge in [-0.05, 0) is 42.3 Å². The second-order valence-electron chi connectivity index (χ2n) is 8.49. The van der Waals surface area contributed by atoms with E-state index in [1.807, 2.05) is 6.92 Å². The zero-order chi connectivity index (χ0) is 26.1. The van der Waals surface area contributed by atoms with Gasteiger partial charge in [-0.15, -0.1) is 0 Å². The summed E-state index contributed by atoms with van der Waals surface area (Å²) < 4.78 is 16.2. The van der Waals surface area contributed by atoms with Crippen LogP contribution in [0.4, 0.5) is 0 Å². The van der Waals surface area contributed by atoms with Crippen LogP contribution in [-0.2, 0) is 4.74 Å². The van der Waals surface area contributed by atoms with Crippen LogP contribution in [0.1, 0.15) is 46.5 Å². The minimum atomic E-state index is -1.24. The molecule has 0 aliphatic carbocycles. The minimum Gasteiger partial charge on any atom is -0.507 e. The molecule has 1 unspecified atom stereocenters. The Hall–Kier alpha value is -4.85. The van der Waals surface area contributed by atoms with Gasteiger partial charge in [-0.1, -0.05) is 49.4 Å². The van der Waals surface area contributed by atoms with E-state index in [1.165, 1.54) is 30.3 Å². The van der Waals surface area contributed by atoms with Crippen LogP contribution in [0.5, 0.6) is 11.5 Å². The van der Waals surface area contributed by atoms with E-state index >= 15 is 0 Å². The molecule has 8 heteroatoms. The van der Waals surface area contributed by atoms with Crippen molar-refractivity contribution < 1.29 is 28.6 Å². The standard InChI is InChI=1S/C29H22O8/c1-2-15-35-27(32)17-13-11-16(12-14-17)22(23-24(30)20-9-5-6-10-21(20)36-29(23)34)26-25(31)18-7-3-4-8-19(18)28(33)37-26/h3-14,22,30-31H,2,15H2,1H3. The third-order valence-corrected chi connectivity index (χ3v) is 6.13. The Morgan fingerprint density at radius 1 is 0.811 bits per heavy atom. The zero-order valence-electron chi connectivity index (χ0n) is 19.8. The molecule has 2 N–H and O–H groups in total. The molecule has 3 aromatic carbocycles. The Kier molecular flexibility index (Phi) is 6.23. The van der Waals surface area contributed by atoms with Crippen LogP contribution in [0.15, 0.2) is 91.2 Å². The van der Waals surface area contributed by atoms with Gasteiger partial charge in [-0.3, -0.25) is 0 Å². The number of esters is 1. The van der Waals surface area contributed by atoms with Crippen molar-refractivity contribution in [1.82, 2.24) is 0 Å². The highest BCUT2D eigenvalue weighted by Gasteiger charge is 2.32. The fourth-order valence-electron chi connectivity index (χ4n) is 4.34. The molecular weight excluding hydrogens is 476 g/mol. The molecule has 0 aliphatic rings. The lowest BCUT2D eigenvalue weighted by molar-refractivity contribution is 0.0505. The maximum absolute atomic E-state index is 13.2. The molecule has 0 saturated heterocycles. The first-order valence-corrected chi connectivity index (χ1v) is 11.7. The molecule has 0 saturated carbocycles. The number of aromatic hydroxyl groups is 2. The van der Waals surface area contributed by atoms with Gasteiger partial charge in [0.2, 0.25) is 0 Å². The van der Waals surface area contributed by atoms with Gasteiger partial charge in [0.05, 0.1) is 34.4 Å². The van der Waals surface area contributed by atoms with Crippen LogP contribution < -0.4 is 11.3 Å². The molecule has 5 rings (SSSR count). The number of rotatable bonds is 6. The summed E-state index contributed by atoms with van der Waals surface area (Å²) in [6.45, 7) is 2.15. The smallest absolute Gasteiger partial charge is 0.344 e. The molecule has 0 radical (unpaired) electrons. The molecule has 2 heterocycles. The lowest BCUT2D eigenvalue weighted by Crippen LogP contribution is -2.17. The topological polar surface area (TPSA) is 127 Å². The van der Waals surface area contributed by atoms with E-state index in [1.54, 1.807) is 42.5 Å². The molecule has 5 aromatic rings. The molecule has 0 aliphatic heterocycles. The SMILES string of the molecule is CCCOC(=O)c1ccc(C(c2oc(=O)c3ccccc3c2O)c2c(O)c3ccccc3oc2=O)cc1. The first-order valence-electron chi connectivity index (χ1n) is 11.7. The first kappa shape index (κ1) is 23.9. The summed E-state index contributed by atoms with van der Waals surface area (Å²) in [5.41, 5.74) is -1.02. The highest BCUT2D eigenvalue weighted by atomic mass is 16.5. The number of hydrogen-bond acceptors (Lipinski definition) is 8. The molecule has 0 amide bonds. The molecular formula is C29H22O8. The summed E-state index contributed by atoms with van der Waals surface area (Å²) in [7, 11) is 0. The van der Waals surface area contributed by atoms with Crippen molar-refractivity contribution in [2.45, 2.75) is 19.3 Å². The molecule has 37 heavy (non-hydrogen) atoms. The van der Waals surface area contributed by atoms with Crippen molar-refractivity contribution in [3.05, 3.63) is 116 Å². The summed E-state index contributed by atoms with van der Waals surface area (Å²) in [6.07, 6.45) is 0.670. The predicted molar refractivity (Wildman–Crippen MR) is 136 cm³/mol. The van der Waals surface area contributed by atoms with Crippen LogP contribution in [0.3, 0.4) is 0 Å². The fraction of sp³-hybridized carbons (Fsp3) is 0.138. The lowest BCUT2D eigenvalue weighted by Gasteiger charge is -2.19. The van der Waals surface area contributed by atoms with Gasteiger partial charge in [0.25, 0.3) is 0 Å². The van der Waals surface area contributed by atoms with Crippen LogP contribution in [0.2, 0.25) is 0 Å². The zero-order valence-corrected chi connectivity index (χ0v) is 19.8. The Balaban J connectivity index is 1.77. The number of carbonyl (C=O) groups is 1. The van der Waals surface area contributed by atoms with Crippen molar-refractivity contribution in [1.29, 1.82) is 0 Å². The van der Waals surface area contributed by atoms with Gasteiger partial charge >= 0.3 is 17.2 Å². The second kappa shape index (κ2) is 9.66. The van der Waals surface area contributed by atoms with E-state index in [4.69, 9.17) is 13.6 Å². The first-order chi connectivity index (χ1) is 17.9. The van der Waals surface area contributed by atoms with Crippen molar-refractivity contribution in [2.75, 3.05) is 6.61 Å². The van der Waals surface area contributed by atoms with E-state index in [9.17, 15) is 24.6 Å². The number of benzene rings is 3. The Morgan fingerprint density at radius 3 is 2.16 bits per heavy atom. The highest BCUT2D eigenvalue weighted by Crippen LogP contribution is 2.42. The third-order valence-electron chi connectivity index (χ3n) is 6.13. The van der Waals surface area contributed by atoms with E-state index in [-0.39, 0.29) is 56.7 Å². The predicted octanol–water partition coefficient (Wildman–Crippen LogP) is 5.06. The van der Waals surface area contributed by atoms with Crippen molar-refractivity contribution in [3.8, 4) is 11.5 Å². The Morgan fingerprint density at radius 2 is 1.46 bits per heavy atom. The fourth-order valence-corrected chi connectivity index (χ4v) is 4.34. The van der Waals surface area contributed by atoms with Crippen LogP contribution in [-0.4, -0.2) is 22.8 Å². The van der Waals surface area contributed by atoms with Gasteiger partial charge in [-0.25, -0.2) is 14.4 Å². The van der Waals surface area contributed by atoms with Crippen molar-refractivity contribution in [3.63, 3.8) is 0 Å². The second-order valence-corrected chi connectivity index (χ2v) is 8.49. The number of para-hydroxylation sites is 1. The Bertz CT molecular complexity index is 1750. The van der Waals surface area contributed by atoms with Gasteiger partial charge in [-0.2, -0.15) is 0 Å². The van der Waals surface area contributed by atoms with Crippen molar-refractivity contribution >= 4 is 27.7 Å². The summed E-state index contributed by atoms with van der Waals surface area (Å²) in [6, 6.07) is 18.9. The normalized spacial score (nSPS) is 12.0. The van der Waals surface area contributed by atoms with Crippen molar-refractivity contribution in [2.24, 2.45) is 0 Å². The number of ether oxygens (including phenoxy) is 1. The van der Waals surface area contributed by atoms with Gasteiger partial charge < -0.3 is 23.8 Å². The molecule has 0 bridgehead atoms. The molecule has 2 aromatic heterocycles. The number of carbonyl (C=O) groups excluding carboxylic acids is 1. The summed E-state index contributed by atoms with van der Waals surface area (Å²) in [5, 5.41) is 23.0. The number of hydrogen-bond donors (Lipinski definition) is 2. The van der Waals surface area contributed by atoms with Gasteiger partial charge in [0.1, 0.15) is 11.3 Å². The average Bonchev–Trinajstić information content (AvgIpc) is 2.92. The lowest BCUT2D eigenvalue weighted by atomic mass is 9.87. The quantitative estimate of drug-likeness (QED) is 0.246. The van der Waals surface area contributed by atoms with Crippen LogP contribution in [0, 0.1) is 0 Å². The maximum Gasteiger partial charge on any atom is 0.344 e. The number of fused-ring (bicyclic) bond motifs is 2. The van der Waals surface area contributed by atoms with E-state index < -0.39 is 23.1 Å². The van der Waals surface area contributed by atoms with E-state index in [0.717, 1.165) is 0 Å². The third kappa shape index (κ3) is 4.23. The summed E-state index contributed by atoms with van der Waals surface area (Å²) in [4.78, 5) is 38.3. The van der Waals surface area contributed by atoms with Crippen LogP contribution >= 0.6 is 0 Å². The highest BCUT2D eigenvalue weighted by molar-refractivity contribution is 5.90. The maximum atomic E-state index is 13.2.